The van der Waals surface area contributed by atoms with Crippen LogP contribution in [0, 0.1) is 0 Å². The van der Waals surface area contributed by atoms with Crippen LogP contribution in [0.4, 0.5) is 8.78 Å². The topological polar surface area (TPSA) is 60.0 Å². The van der Waals surface area contributed by atoms with Crippen LogP contribution in [0.2, 0.25) is 0 Å². The lowest BCUT2D eigenvalue weighted by molar-refractivity contribution is 0.0632. The minimum absolute atomic E-state index is 0.223. The van der Waals surface area contributed by atoms with E-state index >= 15 is 0 Å². The number of hydrogen-bond donors (Lipinski definition) is 0. The third-order valence-electron chi connectivity index (χ3n) is 3.54. The van der Waals surface area contributed by atoms with E-state index in [-0.39, 0.29) is 18.4 Å². The summed E-state index contributed by atoms with van der Waals surface area (Å²) in [7, 11) is 1.80. The molecule has 3 aromatic rings. The fourth-order valence-corrected chi connectivity index (χ4v) is 2.74. The van der Waals surface area contributed by atoms with Gasteiger partial charge >= 0.3 is 6.55 Å². The van der Waals surface area contributed by atoms with Crippen LogP contribution in [0.1, 0.15) is 31.2 Å². The standard InChI is InChI=1S/C14H15F2N5OS/c1-9(12-18-19-13(22-12)10-4-3-7-23-10)20(2)8-11-17-5-6-21(11)14(15)16/h3-7,9,14H,8H2,1-2H3. The first-order valence-electron chi connectivity index (χ1n) is 6.93. The Morgan fingerprint density at radius 1 is 1.39 bits per heavy atom. The fourth-order valence-electron chi connectivity index (χ4n) is 2.10. The van der Waals surface area contributed by atoms with Crippen molar-refractivity contribution in [3.05, 3.63) is 41.6 Å². The quantitative estimate of drug-likeness (QED) is 0.687. The van der Waals surface area contributed by atoms with Crippen LogP contribution < -0.4 is 0 Å². The molecule has 3 heterocycles. The average Bonchev–Trinajstić information content (AvgIpc) is 3.26. The summed E-state index contributed by atoms with van der Waals surface area (Å²) in [4.78, 5) is 6.70. The highest BCUT2D eigenvalue weighted by Crippen LogP contribution is 2.27. The second kappa shape index (κ2) is 6.55. The summed E-state index contributed by atoms with van der Waals surface area (Å²) >= 11 is 1.51. The molecule has 0 fully saturated rings. The summed E-state index contributed by atoms with van der Waals surface area (Å²) < 4.78 is 32.2. The molecule has 23 heavy (non-hydrogen) atoms. The maximum absolute atomic E-state index is 12.9. The zero-order valence-corrected chi connectivity index (χ0v) is 13.4. The van der Waals surface area contributed by atoms with Crippen molar-refractivity contribution in [3.63, 3.8) is 0 Å². The van der Waals surface area contributed by atoms with Crippen LogP contribution >= 0.6 is 11.3 Å². The summed E-state index contributed by atoms with van der Waals surface area (Å²) in [5.41, 5.74) is 0. The van der Waals surface area contributed by atoms with E-state index in [0.29, 0.717) is 11.8 Å². The molecule has 1 unspecified atom stereocenters. The molecule has 3 rings (SSSR count). The first-order chi connectivity index (χ1) is 11.1. The number of halogens is 2. The van der Waals surface area contributed by atoms with Gasteiger partial charge in [0.1, 0.15) is 5.82 Å². The van der Waals surface area contributed by atoms with E-state index in [0.717, 1.165) is 9.44 Å². The minimum atomic E-state index is -2.61. The van der Waals surface area contributed by atoms with E-state index in [1.807, 2.05) is 29.3 Å². The molecule has 0 aliphatic carbocycles. The number of hydrogen-bond acceptors (Lipinski definition) is 6. The Kier molecular flexibility index (Phi) is 4.49. The molecule has 9 heteroatoms. The predicted octanol–water partition coefficient (Wildman–Crippen LogP) is 3.58. The molecule has 0 radical (unpaired) electrons. The van der Waals surface area contributed by atoms with Gasteiger partial charge in [-0.15, -0.1) is 21.5 Å². The third-order valence-corrected chi connectivity index (χ3v) is 4.40. The molecule has 0 bridgehead atoms. The second-order valence-corrected chi connectivity index (χ2v) is 5.99. The van der Waals surface area contributed by atoms with Crippen LogP contribution in [0.15, 0.2) is 34.3 Å². The van der Waals surface area contributed by atoms with Crippen LogP contribution in [0.25, 0.3) is 10.8 Å². The third kappa shape index (κ3) is 3.30. The molecule has 122 valence electrons. The summed E-state index contributed by atoms with van der Waals surface area (Å²) in [5, 5.41) is 10.0. The molecule has 0 aliphatic rings. The molecular formula is C14H15F2N5OS. The Bertz CT molecular complexity index is 755. The summed E-state index contributed by atoms with van der Waals surface area (Å²) in [6, 6.07) is 3.58. The van der Waals surface area contributed by atoms with Gasteiger partial charge in [-0.05, 0) is 25.4 Å². The fraction of sp³-hybridized carbons (Fsp3) is 0.357. The number of rotatable bonds is 6. The molecule has 0 saturated carbocycles. The van der Waals surface area contributed by atoms with Crippen molar-refractivity contribution in [2.75, 3.05) is 7.05 Å². The van der Waals surface area contributed by atoms with E-state index in [1.165, 1.54) is 23.7 Å². The average molecular weight is 339 g/mol. The molecule has 6 nitrogen and oxygen atoms in total. The molecule has 0 N–H and O–H groups in total. The molecule has 0 aromatic carbocycles. The number of nitrogens with zero attached hydrogens (tertiary/aromatic N) is 5. The van der Waals surface area contributed by atoms with Crippen LogP contribution in [-0.4, -0.2) is 31.7 Å². The Hall–Kier alpha value is -2.13. The lowest BCUT2D eigenvalue weighted by atomic mass is 10.3. The highest BCUT2D eigenvalue weighted by Gasteiger charge is 2.22. The Labute approximate surface area is 135 Å². The van der Waals surface area contributed by atoms with Gasteiger partial charge < -0.3 is 4.42 Å². The monoisotopic (exact) mass is 339 g/mol. The largest absolute Gasteiger partial charge is 0.418 e. The van der Waals surface area contributed by atoms with Gasteiger partial charge in [-0.2, -0.15) is 8.78 Å². The molecule has 0 spiro atoms. The molecule has 0 amide bonds. The van der Waals surface area contributed by atoms with Crippen molar-refractivity contribution in [1.29, 1.82) is 0 Å². The van der Waals surface area contributed by atoms with E-state index < -0.39 is 6.55 Å². The first-order valence-corrected chi connectivity index (χ1v) is 7.81. The van der Waals surface area contributed by atoms with Gasteiger partial charge in [-0.3, -0.25) is 9.47 Å². The molecule has 0 saturated heterocycles. The van der Waals surface area contributed by atoms with Crippen molar-refractivity contribution in [1.82, 2.24) is 24.6 Å². The SMILES string of the molecule is CC(c1nnc(-c2cccs2)o1)N(C)Cc1nccn1C(F)F. The zero-order chi connectivity index (χ0) is 16.4. The van der Waals surface area contributed by atoms with Gasteiger partial charge in [-0.25, -0.2) is 4.98 Å². The second-order valence-electron chi connectivity index (χ2n) is 5.04. The first kappa shape index (κ1) is 15.8. The normalized spacial score (nSPS) is 13.1. The maximum Gasteiger partial charge on any atom is 0.319 e. The van der Waals surface area contributed by atoms with E-state index in [2.05, 4.69) is 15.2 Å². The highest BCUT2D eigenvalue weighted by molar-refractivity contribution is 7.13. The predicted molar refractivity (Wildman–Crippen MR) is 81.0 cm³/mol. The van der Waals surface area contributed by atoms with Crippen molar-refractivity contribution >= 4 is 11.3 Å². The van der Waals surface area contributed by atoms with E-state index in [4.69, 9.17) is 4.42 Å². The van der Waals surface area contributed by atoms with Crippen LogP contribution in [-0.2, 0) is 6.54 Å². The molecule has 3 aromatic heterocycles. The Morgan fingerprint density at radius 2 is 2.22 bits per heavy atom. The summed E-state index contributed by atoms with van der Waals surface area (Å²) in [6.07, 6.45) is 2.63. The number of aromatic nitrogens is 4. The van der Waals surface area contributed by atoms with Gasteiger partial charge in [-0.1, -0.05) is 6.07 Å². The Balaban J connectivity index is 1.72. The molecule has 1 atom stereocenters. The van der Waals surface area contributed by atoms with Crippen molar-refractivity contribution in [2.24, 2.45) is 0 Å². The lowest BCUT2D eigenvalue weighted by Crippen LogP contribution is -2.24. The minimum Gasteiger partial charge on any atom is -0.418 e. The van der Waals surface area contributed by atoms with Crippen molar-refractivity contribution < 1.29 is 13.2 Å². The van der Waals surface area contributed by atoms with E-state index in [1.54, 1.807) is 7.05 Å². The van der Waals surface area contributed by atoms with Gasteiger partial charge in [0.2, 0.25) is 5.89 Å². The zero-order valence-electron chi connectivity index (χ0n) is 12.6. The number of imidazole rings is 1. The summed E-state index contributed by atoms with van der Waals surface area (Å²) in [5.74, 6) is 1.18. The number of alkyl halides is 2. The van der Waals surface area contributed by atoms with Crippen LogP contribution in [0.3, 0.4) is 0 Å². The molecular weight excluding hydrogens is 324 g/mol. The van der Waals surface area contributed by atoms with E-state index in [9.17, 15) is 8.78 Å². The number of thiophene rings is 1. The maximum atomic E-state index is 12.9. The lowest BCUT2D eigenvalue weighted by Gasteiger charge is -2.21. The highest BCUT2D eigenvalue weighted by atomic mass is 32.1. The van der Waals surface area contributed by atoms with Crippen LogP contribution in [0.5, 0.6) is 0 Å². The molecule has 0 aliphatic heterocycles. The van der Waals surface area contributed by atoms with Gasteiger partial charge in [0.15, 0.2) is 0 Å². The summed E-state index contributed by atoms with van der Waals surface area (Å²) in [6.45, 7) is -0.485. The van der Waals surface area contributed by atoms with Gasteiger partial charge in [0.25, 0.3) is 5.89 Å². The van der Waals surface area contributed by atoms with Gasteiger partial charge in [0.05, 0.1) is 17.5 Å². The van der Waals surface area contributed by atoms with Crippen molar-refractivity contribution in [2.45, 2.75) is 26.1 Å². The smallest absolute Gasteiger partial charge is 0.319 e. The van der Waals surface area contributed by atoms with Crippen molar-refractivity contribution in [3.8, 4) is 10.8 Å². The van der Waals surface area contributed by atoms with Gasteiger partial charge in [0, 0.05) is 12.4 Å². The Morgan fingerprint density at radius 3 is 2.91 bits per heavy atom.